The standard InChI is InChI=1S/C30H34F2N8O/c1-19(22-4-3-5-23-24(30(41)33-2)8-11-34-29(22)23)15-35-28-14-25(37-18-38-28)20-6-7-27(36-16-20)39-21-9-12-40(13-10-21)17-26(31)32/h3-8,11,14,16,18-19,21,26H,9-10,12-13,15,17H2,1-2H3,(H,33,41)(H,36,39)(H,35,37,38). The lowest BCUT2D eigenvalue weighted by Gasteiger charge is -2.32. The largest absolute Gasteiger partial charge is 0.369 e. The zero-order chi connectivity index (χ0) is 28.8. The Morgan fingerprint density at radius 2 is 1.88 bits per heavy atom. The highest BCUT2D eigenvalue weighted by Gasteiger charge is 2.21. The number of likely N-dealkylation sites (tertiary alicyclic amines) is 1. The van der Waals surface area contributed by atoms with Gasteiger partial charge in [-0.2, -0.15) is 0 Å². The molecular formula is C30H34F2N8O. The van der Waals surface area contributed by atoms with Crippen LogP contribution in [0.15, 0.2) is 61.2 Å². The van der Waals surface area contributed by atoms with Crippen LogP contribution in [0.4, 0.5) is 20.4 Å². The molecule has 1 aromatic carbocycles. The van der Waals surface area contributed by atoms with E-state index in [1.807, 2.05) is 41.3 Å². The molecule has 3 aromatic heterocycles. The van der Waals surface area contributed by atoms with Gasteiger partial charge >= 0.3 is 0 Å². The smallest absolute Gasteiger partial charge is 0.251 e. The van der Waals surface area contributed by atoms with Crippen LogP contribution >= 0.6 is 0 Å². The number of benzene rings is 1. The van der Waals surface area contributed by atoms with E-state index in [2.05, 4.69) is 42.8 Å². The fourth-order valence-corrected chi connectivity index (χ4v) is 5.20. The van der Waals surface area contributed by atoms with E-state index in [0.29, 0.717) is 31.0 Å². The van der Waals surface area contributed by atoms with Crippen LogP contribution in [0.25, 0.3) is 22.2 Å². The number of fused-ring (bicyclic) bond motifs is 1. The molecule has 3 N–H and O–H groups in total. The Morgan fingerprint density at radius 1 is 1.05 bits per heavy atom. The van der Waals surface area contributed by atoms with Crippen molar-refractivity contribution in [2.45, 2.75) is 38.2 Å². The normalized spacial score (nSPS) is 15.1. The van der Waals surface area contributed by atoms with Gasteiger partial charge in [0.2, 0.25) is 0 Å². The quantitative estimate of drug-likeness (QED) is 0.254. The first-order valence-corrected chi connectivity index (χ1v) is 13.8. The second kappa shape index (κ2) is 12.9. The summed E-state index contributed by atoms with van der Waals surface area (Å²) in [6, 6.07) is 13.6. The van der Waals surface area contributed by atoms with Crippen molar-refractivity contribution in [3.05, 3.63) is 72.3 Å². The van der Waals surface area contributed by atoms with Crippen molar-refractivity contribution in [3.8, 4) is 11.3 Å². The Labute approximate surface area is 237 Å². The Hall–Kier alpha value is -4.25. The number of alkyl halides is 2. The highest BCUT2D eigenvalue weighted by atomic mass is 19.3. The summed E-state index contributed by atoms with van der Waals surface area (Å²) >= 11 is 0. The minimum Gasteiger partial charge on any atom is -0.369 e. The Bertz CT molecular complexity index is 1480. The number of hydrogen-bond donors (Lipinski definition) is 3. The summed E-state index contributed by atoms with van der Waals surface area (Å²) in [5, 5.41) is 10.3. The van der Waals surface area contributed by atoms with Crippen LogP contribution in [-0.2, 0) is 0 Å². The summed E-state index contributed by atoms with van der Waals surface area (Å²) in [5.41, 5.74) is 4.06. The first-order chi connectivity index (χ1) is 19.9. The minimum atomic E-state index is -2.29. The van der Waals surface area contributed by atoms with Gasteiger partial charge in [-0.1, -0.05) is 25.1 Å². The number of nitrogens with one attached hydrogen (secondary N) is 3. The van der Waals surface area contributed by atoms with Gasteiger partial charge in [-0.3, -0.25) is 14.7 Å². The van der Waals surface area contributed by atoms with Gasteiger partial charge < -0.3 is 16.0 Å². The summed E-state index contributed by atoms with van der Waals surface area (Å²) < 4.78 is 25.2. The molecule has 0 saturated carbocycles. The van der Waals surface area contributed by atoms with Gasteiger partial charge in [0.05, 0.1) is 23.3 Å². The van der Waals surface area contributed by atoms with Crippen molar-refractivity contribution < 1.29 is 13.6 Å². The summed E-state index contributed by atoms with van der Waals surface area (Å²) in [5.74, 6) is 1.41. The van der Waals surface area contributed by atoms with Crippen molar-refractivity contribution in [1.82, 2.24) is 30.2 Å². The average molecular weight is 561 g/mol. The van der Waals surface area contributed by atoms with Gasteiger partial charge in [0.15, 0.2) is 0 Å². The SMILES string of the molecule is CNC(=O)c1ccnc2c(C(C)CNc3cc(-c4ccc(NC5CCN(CC(F)F)CC5)nc4)ncn3)cccc12. The second-order valence-electron chi connectivity index (χ2n) is 10.3. The molecule has 1 atom stereocenters. The van der Waals surface area contributed by atoms with E-state index in [1.165, 1.54) is 6.33 Å². The minimum absolute atomic E-state index is 0.0961. The molecule has 0 aliphatic carbocycles. The highest BCUT2D eigenvalue weighted by Crippen LogP contribution is 2.27. The van der Waals surface area contributed by atoms with Crippen LogP contribution in [0.1, 0.15) is 41.6 Å². The molecule has 1 saturated heterocycles. The molecule has 11 heteroatoms. The van der Waals surface area contributed by atoms with E-state index in [4.69, 9.17) is 0 Å². The van der Waals surface area contributed by atoms with Gasteiger partial charge in [-0.25, -0.2) is 23.7 Å². The number of carbonyl (C=O) groups excluding carboxylic acids is 1. The van der Waals surface area contributed by atoms with Crippen molar-refractivity contribution in [2.24, 2.45) is 0 Å². The summed E-state index contributed by atoms with van der Waals surface area (Å²) in [6.45, 7) is 3.87. The number of amides is 1. The fraction of sp³-hybridized carbons (Fsp3) is 0.367. The van der Waals surface area contributed by atoms with Gasteiger partial charge in [-0.15, -0.1) is 0 Å². The van der Waals surface area contributed by atoms with Crippen molar-refractivity contribution >= 4 is 28.4 Å². The second-order valence-corrected chi connectivity index (χ2v) is 10.3. The number of pyridine rings is 2. The third-order valence-electron chi connectivity index (χ3n) is 7.46. The lowest BCUT2D eigenvalue weighted by molar-refractivity contribution is 0.0769. The summed E-state index contributed by atoms with van der Waals surface area (Å²) in [6.07, 6.45) is 4.29. The van der Waals surface area contributed by atoms with E-state index in [9.17, 15) is 13.6 Å². The molecule has 1 aliphatic heterocycles. The number of rotatable bonds is 10. The molecule has 0 radical (unpaired) electrons. The Kier molecular flexibility index (Phi) is 8.93. The molecule has 0 bridgehead atoms. The van der Waals surface area contributed by atoms with Crippen LogP contribution in [0.3, 0.4) is 0 Å². The topological polar surface area (TPSA) is 108 Å². The first-order valence-electron chi connectivity index (χ1n) is 13.8. The number of anilines is 2. The molecule has 4 heterocycles. The van der Waals surface area contributed by atoms with Gasteiger partial charge in [0, 0.05) is 68.1 Å². The molecule has 1 fully saturated rings. The van der Waals surface area contributed by atoms with E-state index < -0.39 is 6.43 Å². The van der Waals surface area contributed by atoms with E-state index in [0.717, 1.165) is 46.4 Å². The van der Waals surface area contributed by atoms with Gasteiger partial charge in [-0.05, 0) is 36.6 Å². The van der Waals surface area contributed by atoms with Crippen LogP contribution < -0.4 is 16.0 Å². The lowest BCUT2D eigenvalue weighted by atomic mass is 9.96. The van der Waals surface area contributed by atoms with Crippen molar-refractivity contribution in [3.63, 3.8) is 0 Å². The monoisotopic (exact) mass is 560 g/mol. The van der Waals surface area contributed by atoms with Crippen LogP contribution in [0, 0.1) is 0 Å². The number of carbonyl (C=O) groups is 1. The van der Waals surface area contributed by atoms with E-state index in [1.54, 1.807) is 25.5 Å². The molecule has 5 rings (SSSR count). The third-order valence-corrected chi connectivity index (χ3v) is 7.46. The number of aromatic nitrogens is 4. The van der Waals surface area contributed by atoms with Crippen LogP contribution in [0.2, 0.25) is 0 Å². The molecule has 0 spiro atoms. The maximum Gasteiger partial charge on any atom is 0.251 e. The molecule has 214 valence electrons. The van der Waals surface area contributed by atoms with Crippen LogP contribution in [0.5, 0.6) is 0 Å². The molecule has 1 unspecified atom stereocenters. The molecule has 1 aliphatic rings. The summed E-state index contributed by atoms with van der Waals surface area (Å²) in [4.78, 5) is 32.1. The maximum atomic E-state index is 12.6. The summed E-state index contributed by atoms with van der Waals surface area (Å²) in [7, 11) is 1.62. The molecule has 4 aromatic rings. The molecule has 1 amide bonds. The number of nitrogens with zero attached hydrogens (tertiary/aromatic N) is 5. The highest BCUT2D eigenvalue weighted by molar-refractivity contribution is 6.06. The Morgan fingerprint density at radius 3 is 2.61 bits per heavy atom. The van der Waals surface area contributed by atoms with E-state index in [-0.39, 0.29) is 24.4 Å². The molecular weight excluding hydrogens is 526 g/mol. The lowest BCUT2D eigenvalue weighted by Crippen LogP contribution is -2.41. The predicted octanol–water partition coefficient (Wildman–Crippen LogP) is 4.80. The number of hydrogen-bond acceptors (Lipinski definition) is 8. The third kappa shape index (κ3) is 6.91. The number of piperidine rings is 1. The maximum absolute atomic E-state index is 12.6. The van der Waals surface area contributed by atoms with Crippen molar-refractivity contribution in [2.75, 3.05) is 43.9 Å². The van der Waals surface area contributed by atoms with Crippen molar-refractivity contribution in [1.29, 1.82) is 0 Å². The first kappa shape index (κ1) is 28.3. The molecule has 9 nitrogen and oxygen atoms in total. The predicted molar refractivity (Wildman–Crippen MR) is 156 cm³/mol. The number of para-hydroxylation sites is 1. The molecule has 41 heavy (non-hydrogen) atoms. The van der Waals surface area contributed by atoms with E-state index >= 15 is 0 Å². The number of halogens is 2. The zero-order valence-electron chi connectivity index (χ0n) is 23.1. The Balaban J connectivity index is 1.20. The zero-order valence-corrected chi connectivity index (χ0v) is 23.1. The van der Waals surface area contributed by atoms with Crippen LogP contribution in [-0.4, -0.2) is 76.4 Å². The van der Waals surface area contributed by atoms with Gasteiger partial charge in [0.25, 0.3) is 12.3 Å². The average Bonchev–Trinajstić information content (AvgIpc) is 3.00. The van der Waals surface area contributed by atoms with Gasteiger partial charge in [0.1, 0.15) is 18.0 Å². The fourth-order valence-electron chi connectivity index (χ4n) is 5.20.